The Hall–Kier alpha value is -1.12. The number of benzene rings is 1. The van der Waals surface area contributed by atoms with E-state index in [0.29, 0.717) is 10.6 Å². The van der Waals surface area contributed by atoms with Crippen molar-refractivity contribution >= 4 is 39.9 Å². The van der Waals surface area contributed by atoms with E-state index in [1.165, 1.54) is 6.92 Å². The molecule has 1 heterocycles. The van der Waals surface area contributed by atoms with Gasteiger partial charge in [0.25, 0.3) is 0 Å². The van der Waals surface area contributed by atoms with Crippen LogP contribution in [0.25, 0.3) is 10.9 Å². The van der Waals surface area contributed by atoms with Crippen molar-refractivity contribution in [2.75, 3.05) is 0 Å². The topological polar surface area (TPSA) is 30.0 Å². The van der Waals surface area contributed by atoms with Crippen LogP contribution in [0.1, 0.15) is 22.8 Å². The Morgan fingerprint density at radius 1 is 1.31 bits per heavy atom. The largest absolute Gasteiger partial charge is 0.294 e. The lowest BCUT2D eigenvalue weighted by molar-refractivity contribution is 0.101. The fourth-order valence-electron chi connectivity index (χ4n) is 1.58. The van der Waals surface area contributed by atoms with E-state index in [1.807, 2.05) is 13.0 Å². The molecule has 0 N–H and O–H groups in total. The van der Waals surface area contributed by atoms with Gasteiger partial charge in [0.05, 0.1) is 11.1 Å². The lowest BCUT2D eigenvalue weighted by atomic mass is 10.1. The van der Waals surface area contributed by atoms with E-state index in [2.05, 4.69) is 4.98 Å². The van der Waals surface area contributed by atoms with Crippen LogP contribution in [0.2, 0.25) is 10.2 Å². The normalized spacial score (nSPS) is 10.8. The molecule has 0 spiro atoms. The number of nitrogens with zero attached hydrogens (tertiary/aromatic N) is 1. The van der Waals surface area contributed by atoms with Crippen LogP contribution in [0.5, 0.6) is 0 Å². The van der Waals surface area contributed by atoms with Crippen LogP contribution in [-0.2, 0) is 0 Å². The van der Waals surface area contributed by atoms with Crippen LogP contribution < -0.4 is 0 Å². The molecular weight excluding hydrogens is 245 g/mol. The van der Waals surface area contributed by atoms with Gasteiger partial charge in [-0.05, 0) is 31.5 Å². The van der Waals surface area contributed by atoms with Gasteiger partial charge in [-0.1, -0.05) is 29.3 Å². The summed E-state index contributed by atoms with van der Waals surface area (Å²) in [5.74, 6) is -0.0907. The molecule has 0 unspecified atom stereocenters. The van der Waals surface area contributed by atoms with Gasteiger partial charge in [0, 0.05) is 10.4 Å². The zero-order chi connectivity index (χ0) is 11.9. The summed E-state index contributed by atoms with van der Waals surface area (Å²) in [6.07, 6.45) is 0. The molecule has 1 aromatic carbocycles. The fourth-order valence-corrected chi connectivity index (χ4v) is 2.01. The molecule has 0 aliphatic rings. The van der Waals surface area contributed by atoms with Crippen molar-refractivity contribution in [1.82, 2.24) is 4.98 Å². The maximum Gasteiger partial charge on any atom is 0.162 e. The van der Waals surface area contributed by atoms with E-state index in [4.69, 9.17) is 23.2 Å². The first-order valence-electron chi connectivity index (χ1n) is 4.77. The van der Waals surface area contributed by atoms with Gasteiger partial charge < -0.3 is 0 Å². The van der Waals surface area contributed by atoms with Crippen LogP contribution in [0.4, 0.5) is 0 Å². The van der Waals surface area contributed by atoms with Gasteiger partial charge in [0.1, 0.15) is 5.15 Å². The highest BCUT2D eigenvalue weighted by Gasteiger charge is 2.11. The quantitative estimate of drug-likeness (QED) is 0.567. The number of carbonyl (C=O) groups is 1. The smallest absolute Gasteiger partial charge is 0.162 e. The zero-order valence-corrected chi connectivity index (χ0v) is 10.4. The van der Waals surface area contributed by atoms with E-state index in [-0.39, 0.29) is 10.9 Å². The number of rotatable bonds is 1. The molecule has 0 amide bonds. The van der Waals surface area contributed by atoms with Crippen molar-refractivity contribution in [1.29, 1.82) is 0 Å². The molecule has 2 rings (SSSR count). The Morgan fingerprint density at radius 3 is 2.62 bits per heavy atom. The number of hydrogen-bond acceptors (Lipinski definition) is 2. The minimum Gasteiger partial charge on any atom is -0.294 e. The van der Waals surface area contributed by atoms with Crippen molar-refractivity contribution in [2.24, 2.45) is 0 Å². The van der Waals surface area contributed by atoms with Gasteiger partial charge in [-0.15, -0.1) is 0 Å². The first kappa shape index (κ1) is 11.4. The summed E-state index contributed by atoms with van der Waals surface area (Å²) in [4.78, 5) is 15.5. The van der Waals surface area contributed by atoms with Crippen molar-refractivity contribution in [2.45, 2.75) is 13.8 Å². The second kappa shape index (κ2) is 4.04. The number of aryl methyl sites for hydroxylation is 1. The van der Waals surface area contributed by atoms with Gasteiger partial charge in [-0.2, -0.15) is 0 Å². The fraction of sp³-hybridized carbons (Fsp3) is 0.167. The molecular formula is C12H9Cl2NO. The molecule has 0 bridgehead atoms. The Bertz CT molecular complexity index is 593. The number of halogens is 2. The zero-order valence-electron chi connectivity index (χ0n) is 8.84. The van der Waals surface area contributed by atoms with Crippen molar-refractivity contribution in [3.05, 3.63) is 39.5 Å². The summed E-state index contributed by atoms with van der Waals surface area (Å²) in [6, 6.07) is 5.37. The van der Waals surface area contributed by atoms with Crippen molar-refractivity contribution < 1.29 is 4.79 Å². The monoisotopic (exact) mass is 253 g/mol. The minimum absolute atomic E-state index is 0.0907. The summed E-state index contributed by atoms with van der Waals surface area (Å²) < 4.78 is 0. The highest BCUT2D eigenvalue weighted by molar-refractivity contribution is 6.34. The van der Waals surface area contributed by atoms with Gasteiger partial charge in [-0.25, -0.2) is 4.98 Å². The molecule has 16 heavy (non-hydrogen) atoms. The third-order valence-electron chi connectivity index (χ3n) is 2.51. The number of fused-ring (bicyclic) bond motifs is 1. The van der Waals surface area contributed by atoms with E-state index in [9.17, 15) is 4.79 Å². The third kappa shape index (κ3) is 1.79. The summed E-state index contributed by atoms with van der Waals surface area (Å²) in [5.41, 5.74) is 2.05. The SMILES string of the molecule is CC(=O)c1cc2ccc(Cl)c(C)c2nc1Cl. The number of carbonyl (C=O) groups excluding carboxylic acids is 1. The Kier molecular flexibility index (Phi) is 2.87. The summed E-state index contributed by atoms with van der Waals surface area (Å²) in [5, 5.41) is 1.74. The van der Waals surface area contributed by atoms with E-state index >= 15 is 0 Å². The molecule has 0 saturated carbocycles. The molecule has 0 atom stereocenters. The highest BCUT2D eigenvalue weighted by Crippen LogP contribution is 2.27. The second-order valence-corrected chi connectivity index (χ2v) is 4.39. The van der Waals surface area contributed by atoms with E-state index in [0.717, 1.165) is 16.5 Å². The lowest BCUT2D eigenvalue weighted by Crippen LogP contribution is -1.97. The summed E-state index contributed by atoms with van der Waals surface area (Å²) in [6.45, 7) is 3.35. The molecule has 2 nitrogen and oxygen atoms in total. The molecule has 0 fully saturated rings. The van der Waals surface area contributed by atoms with Crippen LogP contribution in [0.3, 0.4) is 0 Å². The first-order chi connectivity index (χ1) is 7.50. The lowest BCUT2D eigenvalue weighted by Gasteiger charge is -2.06. The van der Waals surface area contributed by atoms with E-state index < -0.39 is 0 Å². The summed E-state index contributed by atoms with van der Waals surface area (Å²) >= 11 is 11.9. The van der Waals surface area contributed by atoms with Crippen LogP contribution in [-0.4, -0.2) is 10.8 Å². The van der Waals surface area contributed by atoms with Gasteiger partial charge in [0.15, 0.2) is 5.78 Å². The van der Waals surface area contributed by atoms with Gasteiger partial charge in [0.2, 0.25) is 0 Å². The van der Waals surface area contributed by atoms with Crippen LogP contribution in [0.15, 0.2) is 18.2 Å². The Morgan fingerprint density at radius 2 is 2.00 bits per heavy atom. The molecule has 4 heteroatoms. The number of aromatic nitrogens is 1. The molecule has 0 aliphatic carbocycles. The van der Waals surface area contributed by atoms with Gasteiger partial charge in [-0.3, -0.25) is 4.79 Å². The summed E-state index contributed by atoms with van der Waals surface area (Å²) in [7, 11) is 0. The Labute approximate surface area is 103 Å². The van der Waals surface area contributed by atoms with Crippen LogP contribution >= 0.6 is 23.2 Å². The number of Topliss-reactive ketones (excluding diaryl/α,β-unsaturated/α-hetero) is 1. The molecule has 0 saturated heterocycles. The second-order valence-electron chi connectivity index (χ2n) is 3.63. The maximum absolute atomic E-state index is 11.3. The third-order valence-corrected chi connectivity index (χ3v) is 3.21. The van der Waals surface area contributed by atoms with Crippen molar-refractivity contribution in [3.63, 3.8) is 0 Å². The molecule has 82 valence electrons. The molecule has 0 aliphatic heterocycles. The van der Waals surface area contributed by atoms with Gasteiger partial charge >= 0.3 is 0 Å². The highest BCUT2D eigenvalue weighted by atomic mass is 35.5. The predicted molar refractivity (Wildman–Crippen MR) is 66.5 cm³/mol. The van der Waals surface area contributed by atoms with E-state index in [1.54, 1.807) is 12.1 Å². The predicted octanol–water partition coefficient (Wildman–Crippen LogP) is 4.05. The number of hydrogen-bond donors (Lipinski definition) is 0. The molecule has 2 aromatic rings. The first-order valence-corrected chi connectivity index (χ1v) is 5.52. The van der Waals surface area contributed by atoms with Crippen LogP contribution in [0, 0.1) is 6.92 Å². The average Bonchev–Trinajstić information content (AvgIpc) is 2.23. The Balaban J connectivity index is 2.84. The number of pyridine rings is 1. The minimum atomic E-state index is -0.0907. The molecule has 0 radical (unpaired) electrons. The standard InChI is InChI=1S/C12H9Cl2NO/c1-6-10(13)4-3-8-5-9(7(2)16)12(14)15-11(6)8/h3-5H,1-2H3. The van der Waals surface area contributed by atoms with Crippen molar-refractivity contribution in [3.8, 4) is 0 Å². The molecule has 1 aromatic heterocycles. The number of ketones is 1. The average molecular weight is 254 g/mol. The maximum atomic E-state index is 11.3.